The van der Waals surface area contributed by atoms with Crippen molar-refractivity contribution in [1.29, 1.82) is 0 Å². The van der Waals surface area contributed by atoms with Crippen molar-refractivity contribution in [2.24, 2.45) is 5.73 Å². The van der Waals surface area contributed by atoms with E-state index in [1.54, 1.807) is 12.3 Å². The quantitative estimate of drug-likeness (QED) is 0.664. The van der Waals surface area contributed by atoms with Gasteiger partial charge in [-0.15, -0.1) is 0 Å². The Kier molecular flexibility index (Phi) is 5.11. The maximum absolute atomic E-state index is 11.7. The molecule has 3 heterocycles. The van der Waals surface area contributed by atoms with Crippen molar-refractivity contribution in [1.82, 2.24) is 19.9 Å². The molecule has 1 amide bonds. The molecule has 0 saturated carbocycles. The lowest BCUT2D eigenvalue weighted by molar-refractivity contribution is 0.100. The lowest BCUT2D eigenvalue weighted by Crippen LogP contribution is -2.41. The predicted octanol–water partition coefficient (Wildman–Crippen LogP) is 2.94. The SMILES string of the molecule is Cc1cc([C@@H](CN2CCC2)Nc2ncnc3c(C(N)=O)ccnc23)ccc1Cl. The monoisotopic (exact) mass is 396 g/mol. The van der Waals surface area contributed by atoms with Gasteiger partial charge in [-0.2, -0.15) is 0 Å². The van der Waals surface area contributed by atoms with Crippen LogP contribution < -0.4 is 11.1 Å². The first-order valence-electron chi connectivity index (χ1n) is 9.17. The summed E-state index contributed by atoms with van der Waals surface area (Å²) in [6.07, 6.45) is 4.19. The van der Waals surface area contributed by atoms with Crippen LogP contribution in [-0.4, -0.2) is 45.4 Å². The fraction of sp³-hybridized carbons (Fsp3) is 0.300. The molecule has 3 N–H and O–H groups in total. The van der Waals surface area contributed by atoms with E-state index in [0.717, 1.165) is 35.8 Å². The third-order valence-corrected chi connectivity index (χ3v) is 5.50. The van der Waals surface area contributed by atoms with Crippen LogP contribution in [0.2, 0.25) is 5.02 Å². The van der Waals surface area contributed by atoms with E-state index in [0.29, 0.717) is 22.4 Å². The van der Waals surface area contributed by atoms with Crippen molar-refractivity contribution in [3.8, 4) is 0 Å². The van der Waals surface area contributed by atoms with Crippen molar-refractivity contribution in [2.75, 3.05) is 25.0 Å². The first kappa shape index (κ1) is 18.6. The Labute approximate surface area is 167 Å². The topological polar surface area (TPSA) is 97.0 Å². The van der Waals surface area contributed by atoms with Gasteiger partial charge in [-0.25, -0.2) is 9.97 Å². The Morgan fingerprint density at radius 1 is 1.25 bits per heavy atom. The van der Waals surface area contributed by atoms with Crippen molar-refractivity contribution >= 4 is 34.4 Å². The van der Waals surface area contributed by atoms with Crippen LogP contribution in [0.3, 0.4) is 0 Å². The zero-order valence-electron chi connectivity index (χ0n) is 15.5. The summed E-state index contributed by atoms with van der Waals surface area (Å²) in [4.78, 5) is 27.1. The van der Waals surface area contributed by atoms with E-state index in [1.807, 2.05) is 19.1 Å². The number of hydrogen-bond donors (Lipinski definition) is 2. The minimum absolute atomic E-state index is 0.00611. The van der Waals surface area contributed by atoms with Crippen molar-refractivity contribution in [2.45, 2.75) is 19.4 Å². The fourth-order valence-electron chi connectivity index (χ4n) is 3.37. The number of rotatable bonds is 6. The summed E-state index contributed by atoms with van der Waals surface area (Å²) < 4.78 is 0. The fourth-order valence-corrected chi connectivity index (χ4v) is 3.49. The van der Waals surface area contributed by atoms with Crippen molar-refractivity contribution in [3.05, 3.63) is 58.5 Å². The molecule has 144 valence electrons. The smallest absolute Gasteiger partial charge is 0.251 e. The largest absolute Gasteiger partial charge is 0.366 e. The number of nitrogens with one attached hydrogen (secondary N) is 1. The molecule has 1 atom stereocenters. The number of halogens is 1. The van der Waals surface area contributed by atoms with Gasteiger partial charge in [-0.05, 0) is 49.7 Å². The van der Waals surface area contributed by atoms with Crippen LogP contribution >= 0.6 is 11.6 Å². The Bertz CT molecular complexity index is 1040. The molecule has 0 aliphatic carbocycles. The lowest BCUT2D eigenvalue weighted by Gasteiger charge is -2.35. The summed E-state index contributed by atoms with van der Waals surface area (Å²) in [7, 11) is 0. The molecule has 2 aromatic heterocycles. The summed E-state index contributed by atoms with van der Waals surface area (Å²) in [5, 5.41) is 4.24. The highest BCUT2D eigenvalue weighted by molar-refractivity contribution is 6.31. The molecule has 3 aromatic rings. The number of pyridine rings is 1. The molecule has 1 saturated heterocycles. The highest BCUT2D eigenvalue weighted by Gasteiger charge is 2.23. The number of amides is 1. The van der Waals surface area contributed by atoms with Crippen LogP contribution in [0.25, 0.3) is 11.0 Å². The average molecular weight is 397 g/mol. The van der Waals surface area contributed by atoms with E-state index in [9.17, 15) is 4.79 Å². The number of anilines is 1. The van der Waals surface area contributed by atoms with Gasteiger partial charge in [0.25, 0.3) is 5.91 Å². The zero-order valence-corrected chi connectivity index (χ0v) is 16.3. The Balaban J connectivity index is 1.73. The highest BCUT2D eigenvalue weighted by atomic mass is 35.5. The van der Waals surface area contributed by atoms with E-state index in [4.69, 9.17) is 17.3 Å². The van der Waals surface area contributed by atoms with E-state index in [-0.39, 0.29) is 6.04 Å². The average Bonchev–Trinajstić information content (AvgIpc) is 2.65. The zero-order chi connectivity index (χ0) is 19.7. The minimum atomic E-state index is -0.539. The van der Waals surface area contributed by atoms with E-state index in [1.165, 1.54) is 12.7 Å². The molecule has 0 radical (unpaired) electrons. The lowest BCUT2D eigenvalue weighted by atomic mass is 10.0. The molecular weight excluding hydrogens is 376 g/mol. The van der Waals surface area contributed by atoms with Crippen LogP contribution in [-0.2, 0) is 0 Å². The van der Waals surface area contributed by atoms with Gasteiger partial charge < -0.3 is 16.0 Å². The molecule has 7 nitrogen and oxygen atoms in total. The van der Waals surface area contributed by atoms with Gasteiger partial charge in [0.15, 0.2) is 5.82 Å². The number of primary amides is 1. The third-order valence-electron chi connectivity index (χ3n) is 5.07. The molecule has 28 heavy (non-hydrogen) atoms. The van der Waals surface area contributed by atoms with E-state index in [2.05, 4.69) is 31.2 Å². The second-order valence-electron chi connectivity index (χ2n) is 7.00. The van der Waals surface area contributed by atoms with Gasteiger partial charge >= 0.3 is 0 Å². The summed E-state index contributed by atoms with van der Waals surface area (Å²) in [6, 6.07) is 7.60. The van der Waals surface area contributed by atoms with Gasteiger partial charge in [0.2, 0.25) is 0 Å². The molecule has 0 bridgehead atoms. The maximum atomic E-state index is 11.7. The number of nitrogens with zero attached hydrogens (tertiary/aromatic N) is 4. The first-order valence-corrected chi connectivity index (χ1v) is 9.55. The molecule has 0 spiro atoms. The Morgan fingerprint density at radius 3 is 2.75 bits per heavy atom. The predicted molar refractivity (Wildman–Crippen MR) is 109 cm³/mol. The van der Waals surface area contributed by atoms with Crippen molar-refractivity contribution < 1.29 is 4.79 Å². The van der Waals surface area contributed by atoms with Crippen LogP contribution in [0, 0.1) is 6.92 Å². The molecule has 4 rings (SSSR count). The summed E-state index contributed by atoms with van der Waals surface area (Å²) in [5.41, 5.74) is 8.92. The minimum Gasteiger partial charge on any atom is -0.366 e. The number of aromatic nitrogens is 3. The van der Waals surface area contributed by atoms with Gasteiger partial charge in [-0.1, -0.05) is 23.7 Å². The summed E-state index contributed by atoms with van der Waals surface area (Å²) in [5.74, 6) is 0.0359. The number of hydrogen-bond acceptors (Lipinski definition) is 6. The number of benzene rings is 1. The Morgan fingerprint density at radius 2 is 2.07 bits per heavy atom. The number of likely N-dealkylation sites (tertiary alicyclic amines) is 1. The molecule has 8 heteroatoms. The number of carbonyl (C=O) groups excluding carboxylic acids is 1. The number of nitrogens with two attached hydrogens (primary N) is 1. The standard InChI is InChI=1S/C20H21ClN6O/c1-12-9-13(3-4-15(12)21)16(10-27-7-2-8-27)26-20-18-17(24-11-25-20)14(19(22)28)5-6-23-18/h3-6,9,11,16H,2,7-8,10H2,1H3,(H2,22,28)(H,24,25,26)/t16-/m1/s1. The second kappa shape index (κ2) is 7.69. The van der Waals surface area contributed by atoms with Crippen molar-refractivity contribution in [3.63, 3.8) is 0 Å². The normalized spacial score (nSPS) is 15.2. The highest BCUT2D eigenvalue weighted by Crippen LogP contribution is 2.28. The number of aryl methyl sites for hydroxylation is 1. The molecular formula is C20H21ClN6O. The molecule has 1 aliphatic rings. The van der Waals surface area contributed by atoms with Crippen LogP contribution in [0.1, 0.15) is 33.9 Å². The molecule has 1 fully saturated rings. The molecule has 1 aromatic carbocycles. The van der Waals surface area contributed by atoms with Crippen LogP contribution in [0.4, 0.5) is 5.82 Å². The third kappa shape index (κ3) is 3.63. The van der Waals surface area contributed by atoms with E-state index < -0.39 is 5.91 Å². The van der Waals surface area contributed by atoms with Crippen LogP contribution in [0.5, 0.6) is 0 Å². The van der Waals surface area contributed by atoms with Gasteiger partial charge in [0.05, 0.1) is 11.6 Å². The number of carbonyl (C=O) groups is 1. The van der Waals surface area contributed by atoms with Gasteiger partial charge in [0, 0.05) is 17.8 Å². The number of fused-ring (bicyclic) bond motifs is 1. The first-order chi connectivity index (χ1) is 13.5. The molecule has 1 aliphatic heterocycles. The van der Waals surface area contributed by atoms with Gasteiger partial charge in [0.1, 0.15) is 17.4 Å². The van der Waals surface area contributed by atoms with Crippen LogP contribution in [0.15, 0.2) is 36.8 Å². The summed E-state index contributed by atoms with van der Waals surface area (Å²) >= 11 is 6.21. The summed E-state index contributed by atoms with van der Waals surface area (Å²) in [6.45, 7) is 4.99. The molecule has 0 unspecified atom stereocenters. The van der Waals surface area contributed by atoms with Gasteiger partial charge in [-0.3, -0.25) is 9.78 Å². The Hall–Kier alpha value is -2.77. The second-order valence-corrected chi connectivity index (χ2v) is 7.41. The van der Waals surface area contributed by atoms with E-state index >= 15 is 0 Å². The maximum Gasteiger partial charge on any atom is 0.251 e.